The van der Waals surface area contributed by atoms with Crippen LogP contribution in [0, 0.1) is 0 Å². The SMILES string of the molecule is CCCCNC(=O)C(Cc1ccccc1)N(Cc1cccc(OC)c1)C(=O)CN(c1cccc(C(F)(F)F)c1)S(=O)(=O)c1ccccc1. The summed E-state index contributed by atoms with van der Waals surface area (Å²) in [7, 11) is -3.06. The van der Waals surface area contributed by atoms with Gasteiger partial charge in [0, 0.05) is 19.5 Å². The van der Waals surface area contributed by atoms with Crippen molar-refractivity contribution in [1.29, 1.82) is 0 Å². The average molecular weight is 682 g/mol. The molecular weight excluding hydrogens is 643 g/mol. The topological polar surface area (TPSA) is 96.0 Å². The molecule has 4 aromatic carbocycles. The van der Waals surface area contributed by atoms with E-state index in [1.807, 2.05) is 25.1 Å². The number of hydrogen-bond acceptors (Lipinski definition) is 5. The Kier molecular flexibility index (Phi) is 12.2. The summed E-state index contributed by atoms with van der Waals surface area (Å²) in [5, 5.41) is 2.90. The van der Waals surface area contributed by atoms with E-state index in [9.17, 15) is 31.2 Å². The predicted octanol–water partition coefficient (Wildman–Crippen LogP) is 6.47. The zero-order valence-corrected chi connectivity index (χ0v) is 27.5. The number of carbonyl (C=O) groups is 2. The van der Waals surface area contributed by atoms with Gasteiger partial charge in [0.1, 0.15) is 18.3 Å². The van der Waals surface area contributed by atoms with Gasteiger partial charge < -0.3 is 15.0 Å². The van der Waals surface area contributed by atoms with Gasteiger partial charge in [0.2, 0.25) is 11.8 Å². The number of unbranched alkanes of at least 4 members (excludes halogenated alkanes) is 1. The number of nitrogens with one attached hydrogen (secondary N) is 1. The Balaban J connectivity index is 1.83. The largest absolute Gasteiger partial charge is 0.497 e. The molecule has 12 heteroatoms. The third-order valence-electron chi connectivity index (χ3n) is 7.66. The number of benzene rings is 4. The van der Waals surface area contributed by atoms with E-state index in [0.717, 1.165) is 24.1 Å². The minimum atomic E-state index is -4.77. The molecule has 2 amide bonds. The molecule has 0 fully saturated rings. The normalized spacial score (nSPS) is 12.2. The molecule has 0 bridgehead atoms. The fourth-order valence-corrected chi connectivity index (χ4v) is 6.54. The summed E-state index contributed by atoms with van der Waals surface area (Å²) >= 11 is 0. The maximum absolute atomic E-state index is 14.5. The summed E-state index contributed by atoms with van der Waals surface area (Å²) in [5.74, 6) is -0.731. The molecule has 1 N–H and O–H groups in total. The number of nitrogens with zero attached hydrogens (tertiary/aromatic N) is 2. The van der Waals surface area contributed by atoms with Gasteiger partial charge in [-0.15, -0.1) is 0 Å². The van der Waals surface area contributed by atoms with Crippen molar-refractivity contribution in [3.05, 3.63) is 126 Å². The van der Waals surface area contributed by atoms with Crippen molar-refractivity contribution >= 4 is 27.5 Å². The van der Waals surface area contributed by atoms with E-state index >= 15 is 0 Å². The summed E-state index contributed by atoms with van der Waals surface area (Å²) in [5.41, 5.74) is -0.0801. The number of amides is 2. The van der Waals surface area contributed by atoms with Crippen LogP contribution in [0.4, 0.5) is 18.9 Å². The van der Waals surface area contributed by atoms with Crippen LogP contribution in [0.15, 0.2) is 114 Å². The van der Waals surface area contributed by atoms with Gasteiger partial charge in [0.15, 0.2) is 0 Å². The van der Waals surface area contributed by atoms with Crippen molar-refractivity contribution in [1.82, 2.24) is 10.2 Å². The van der Waals surface area contributed by atoms with Gasteiger partial charge in [-0.25, -0.2) is 8.42 Å². The quantitative estimate of drug-likeness (QED) is 0.145. The first-order chi connectivity index (χ1) is 22.9. The summed E-state index contributed by atoms with van der Waals surface area (Å²) in [6, 6.07) is 25.8. The Hall–Kier alpha value is -4.84. The number of ether oxygens (including phenoxy) is 1. The van der Waals surface area contributed by atoms with Crippen molar-refractivity contribution in [2.75, 3.05) is 24.5 Å². The van der Waals surface area contributed by atoms with Crippen LogP contribution in [0.3, 0.4) is 0 Å². The van der Waals surface area contributed by atoms with Gasteiger partial charge in [-0.1, -0.05) is 80.1 Å². The number of anilines is 1. The van der Waals surface area contributed by atoms with Crippen LogP contribution in [-0.2, 0) is 38.8 Å². The second-order valence-electron chi connectivity index (χ2n) is 11.1. The molecule has 8 nitrogen and oxygen atoms in total. The van der Waals surface area contributed by atoms with E-state index in [0.29, 0.717) is 34.7 Å². The van der Waals surface area contributed by atoms with Crippen LogP contribution in [0.1, 0.15) is 36.5 Å². The highest BCUT2D eigenvalue weighted by molar-refractivity contribution is 7.92. The molecule has 0 spiro atoms. The van der Waals surface area contributed by atoms with Crippen molar-refractivity contribution in [2.24, 2.45) is 0 Å². The van der Waals surface area contributed by atoms with Crippen LogP contribution in [0.25, 0.3) is 0 Å². The second kappa shape index (κ2) is 16.3. The number of sulfonamides is 1. The minimum Gasteiger partial charge on any atom is -0.497 e. The molecule has 0 saturated carbocycles. The average Bonchev–Trinajstić information content (AvgIpc) is 3.09. The Labute approximate surface area is 279 Å². The molecule has 254 valence electrons. The molecule has 0 aromatic heterocycles. The van der Waals surface area contributed by atoms with Gasteiger partial charge in [0.05, 0.1) is 23.3 Å². The summed E-state index contributed by atoms with van der Waals surface area (Å²) in [6.07, 6.45) is -3.15. The molecular formula is C36H38F3N3O5S. The molecule has 0 aliphatic rings. The lowest BCUT2D eigenvalue weighted by Crippen LogP contribution is -2.53. The standard InChI is InChI=1S/C36H38F3N3O5S/c1-3-4-21-40-35(44)33(23-27-13-7-5-8-14-27)41(25-28-15-11-18-31(22-28)47-2)34(43)26-42(48(45,46)32-19-9-6-10-20-32)30-17-12-16-29(24-30)36(37,38)39/h5-20,22,24,33H,3-4,21,23,25-26H2,1-2H3,(H,40,44). The summed E-state index contributed by atoms with van der Waals surface area (Å²) < 4.78 is 75.4. The zero-order chi connectivity index (χ0) is 34.7. The van der Waals surface area contributed by atoms with Crippen molar-refractivity contribution in [2.45, 2.75) is 49.8 Å². The molecule has 0 aliphatic carbocycles. The first-order valence-corrected chi connectivity index (χ1v) is 16.9. The maximum Gasteiger partial charge on any atom is 0.416 e. The molecule has 4 rings (SSSR count). The van der Waals surface area contributed by atoms with Gasteiger partial charge in [-0.05, 0) is 60.0 Å². The molecule has 0 heterocycles. The highest BCUT2D eigenvalue weighted by atomic mass is 32.2. The monoisotopic (exact) mass is 681 g/mol. The predicted molar refractivity (Wildman–Crippen MR) is 178 cm³/mol. The van der Waals surface area contributed by atoms with Gasteiger partial charge in [-0.2, -0.15) is 13.2 Å². The molecule has 0 saturated heterocycles. The Morgan fingerprint density at radius 3 is 2.15 bits per heavy atom. The van der Waals surface area contributed by atoms with E-state index in [1.165, 1.54) is 42.3 Å². The lowest BCUT2D eigenvalue weighted by Gasteiger charge is -2.34. The van der Waals surface area contributed by atoms with Crippen LogP contribution >= 0.6 is 0 Å². The molecule has 0 aliphatic heterocycles. The van der Waals surface area contributed by atoms with E-state index in [2.05, 4.69) is 5.32 Å². The third-order valence-corrected chi connectivity index (χ3v) is 9.45. The smallest absolute Gasteiger partial charge is 0.416 e. The van der Waals surface area contributed by atoms with Crippen molar-refractivity contribution < 1.29 is 35.9 Å². The highest BCUT2D eigenvalue weighted by Crippen LogP contribution is 2.33. The van der Waals surface area contributed by atoms with Crippen LogP contribution in [-0.4, -0.2) is 51.4 Å². The molecule has 48 heavy (non-hydrogen) atoms. The maximum atomic E-state index is 14.5. The number of halogens is 3. The Morgan fingerprint density at radius 2 is 1.50 bits per heavy atom. The lowest BCUT2D eigenvalue weighted by atomic mass is 10.0. The highest BCUT2D eigenvalue weighted by Gasteiger charge is 2.36. The number of alkyl halides is 3. The molecule has 1 unspecified atom stereocenters. The number of carbonyl (C=O) groups excluding carboxylic acids is 2. The summed E-state index contributed by atoms with van der Waals surface area (Å²) in [4.78, 5) is 29.4. The van der Waals surface area contributed by atoms with E-state index in [4.69, 9.17) is 4.74 Å². The lowest BCUT2D eigenvalue weighted by molar-refractivity contribution is -0.140. The van der Waals surface area contributed by atoms with E-state index < -0.39 is 46.2 Å². The van der Waals surface area contributed by atoms with Crippen LogP contribution < -0.4 is 14.4 Å². The van der Waals surface area contributed by atoms with Gasteiger partial charge in [0.25, 0.3) is 10.0 Å². The number of hydrogen-bond donors (Lipinski definition) is 1. The Morgan fingerprint density at radius 1 is 0.854 bits per heavy atom. The molecule has 4 aromatic rings. The van der Waals surface area contributed by atoms with E-state index in [1.54, 1.807) is 42.5 Å². The number of methoxy groups -OCH3 is 1. The minimum absolute atomic E-state index is 0.101. The van der Waals surface area contributed by atoms with Crippen molar-refractivity contribution in [3.63, 3.8) is 0 Å². The van der Waals surface area contributed by atoms with E-state index in [-0.39, 0.29) is 23.5 Å². The first-order valence-electron chi connectivity index (χ1n) is 15.4. The van der Waals surface area contributed by atoms with Crippen LogP contribution in [0.2, 0.25) is 0 Å². The zero-order valence-electron chi connectivity index (χ0n) is 26.7. The fraction of sp³-hybridized carbons (Fsp3) is 0.278. The van der Waals surface area contributed by atoms with Gasteiger partial charge >= 0.3 is 6.18 Å². The van der Waals surface area contributed by atoms with Crippen molar-refractivity contribution in [3.8, 4) is 5.75 Å². The Bertz CT molecular complexity index is 1770. The first kappa shape index (κ1) is 36.0. The molecule has 1 atom stereocenters. The summed E-state index contributed by atoms with van der Waals surface area (Å²) in [6.45, 7) is 1.34. The second-order valence-corrected chi connectivity index (χ2v) is 13.0. The van der Waals surface area contributed by atoms with Crippen LogP contribution in [0.5, 0.6) is 5.75 Å². The van der Waals surface area contributed by atoms with Gasteiger partial charge in [-0.3, -0.25) is 13.9 Å². The number of rotatable bonds is 15. The molecule has 0 radical (unpaired) electrons. The third kappa shape index (κ3) is 9.37. The fourth-order valence-electron chi connectivity index (χ4n) is 5.11.